The molecule has 0 aromatic rings. The Labute approximate surface area is 88.8 Å². The Morgan fingerprint density at radius 1 is 1.40 bits per heavy atom. The molecule has 0 spiro atoms. The van der Waals surface area contributed by atoms with Gasteiger partial charge in [0.15, 0.2) is 0 Å². The minimum atomic E-state index is -0.209. The van der Waals surface area contributed by atoms with Gasteiger partial charge < -0.3 is 10.2 Å². The van der Waals surface area contributed by atoms with Gasteiger partial charge in [0.05, 0.1) is 6.54 Å². The van der Waals surface area contributed by atoms with Crippen LogP contribution in [0.5, 0.6) is 0 Å². The first-order valence-electron chi connectivity index (χ1n) is 5.03. The van der Waals surface area contributed by atoms with E-state index in [0.29, 0.717) is 25.9 Å². The van der Waals surface area contributed by atoms with Gasteiger partial charge in [0, 0.05) is 25.9 Å². The topological polar surface area (TPSA) is 66.5 Å². The number of nitrogens with zero attached hydrogens (tertiary/aromatic N) is 1. The predicted octanol–water partition coefficient (Wildman–Crippen LogP) is -0.529. The first-order valence-corrected chi connectivity index (χ1v) is 5.03. The highest BCUT2D eigenvalue weighted by molar-refractivity contribution is 5.83. The van der Waals surface area contributed by atoms with E-state index in [2.05, 4.69) is 5.32 Å². The number of likely N-dealkylation sites (tertiary alicyclic amines) is 1. The summed E-state index contributed by atoms with van der Waals surface area (Å²) in [5.41, 5.74) is 0. The van der Waals surface area contributed by atoms with E-state index in [-0.39, 0.29) is 24.3 Å². The third kappa shape index (κ3) is 3.69. The molecule has 0 aromatic carbocycles. The normalized spacial score (nSPS) is 17.3. The van der Waals surface area contributed by atoms with E-state index >= 15 is 0 Å². The van der Waals surface area contributed by atoms with Crippen molar-refractivity contribution in [1.82, 2.24) is 10.2 Å². The third-order valence-corrected chi connectivity index (χ3v) is 2.50. The largest absolute Gasteiger partial charge is 0.347 e. The maximum atomic E-state index is 11.5. The molecule has 1 heterocycles. The molecule has 1 saturated heterocycles. The fraction of sp³-hybridized carbons (Fsp3) is 0.700. The summed E-state index contributed by atoms with van der Waals surface area (Å²) in [6.07, 6.45) is 3.31. The van der Waals surface area contributed by atoms with E-state index < -0.39 is 0 Å². The molecule has 0 atom stereocenters. The second-order valence-electron chi connectivity index (χ2n) is 3.68. The van der Waals surface area contributed by atoms with Crippen LogP contribution in [0.25, 0.3) is 0 Å². The summed E-state index contributed by atoms with van der Waals surface area (Å²) in [6, 6.07) is 0. The minimum absolute atomic E-state index is 0.0326. The Hall–Kier alpha value is -1.39. The monoisotopic (exact) mass is 211 g/mol. The Kier molecular flexibility index (Phi) is 4.27. The summed E-state index contributed by atoms with van der Waals surface area (Å²) in [6.45, 7) is 2.59. The van der Waals surface area contributed by atoms with Crippen molar-refractivity contribution in [2.75, 3.05) is 19.6 Å². The van der Waals surface area contributed by atoms with Crippen molar-refractivity contribution in [2.45, 2.75) is 19.8 Å². The van der Waals surface area contributed by atoms with Crippen LogP contribution in [0.2, 0.25) is 0 Å². The molecule has 83 valence electrons. The fourth-order valence-electron chi connectivity index (χ4n) is 1.56. The molecule has 0 bridgehead atoms. The maximum Gasteiger partial charge on any atom is 0.241 e. The van der Waals surface area contributed by atoms with Gasteiger partial charge in [-0.2, -0.15) is 0 Å². The van der Waals surface area contributed by atoms with Gasteiger partial charge in [0.1, 0.15) is 0 Å². The van der Waals surface area contributed by atoms with Gasteiger partial charge in [-0.15, -0.1) is 0 Å². The molecule has 0 saturated carbocycles. The van der Waals surface area contributed by atoms with Crippen molar-refractivity contribution in [3.63, 3.8) is 0 Å². The zero-order chi connectivity index (χ0) is 11.3. The molecule has 1 fully saturated rings. The first-order chi connectivity index (χ1) is 7.13. The number of hydrogen-bond donors (Lipinski definition) is 1. The van der Waals surface area contributed by atoms with E-state index in [4.69, 9.17) is 0 Å². The Morgan fingerprint density at radius 2 is 2.00 bits per heavy atom. The lowest BCUT2D eigenvalue weighted by Gasteiger charge is -2.29. The number of amides is 2. The number of carbonyl (C=O) groups excluding carboxylic acids is 3. The molecule has 1 aliphatic rings. The molecule has 0 aliphatic carbocycles. The van der Waals surface area contributed by atoms with Crippen molar-refractivity contribution < 1.29 is 14.4 Å². The molecule has 15 heavy (non-hydrogen) atoms. The van der Waals surface area contributed by atoms with Crippen LogP contribution in [0.4, 0.5) is 0 Å². The van der Waals surface area contributed by atoms with Crippen LogP contribution in [0.15, 0.2) is 0 Å². The Balaban J connectivity index is 2.29. The van der Waals surface area contributed by atoms with E-state index in [1.165, 1.54) is 6.92 Å². The summed E-state index contributed by atoms with van der Waals surface area (Å²) in [5.74, 6) is -0.330. The summed E-state index contributed by atoms with van der Waals surface area (Å²) >= 11 is 0. The summed E-state index contributed by atoms with van der Waals surface area (Å²) in [7, 11) is 0. The van der Waals surface area contributed by atoms with Gasteiger partial charge >= 0.3 is 0 Å². The second kappa shape index (κ2) is 5.48. The lowest BCUT2D eigenvalue weighted by Crippen LogP contribution is -2.43. The molecular formula is C10H15N2O3. The van der Waals surface area contributed by atoms with Crippen LogP contribution in [-0.2, 0) is 14.4 Å². The zero-order valence-corrected chi connectivity index (χ0v) is 8.78. The van der Waals surface area contributed by atoms with E-state index in [1.807, 2.05) is 6.29 Å². The minimum Gasteiger partial charge on any atom is -0.347 e. The molecular weight excluding hydrogens is 196 g/mol. The van der Waals surface area contributed by atoms with Gasteiger partial charge in [-0.25, -0.2) is 0 Å². The third-order valence-electron chi connectivity index (χ3n) is 2.50. The predicted molar refractivity (Wildman–Crippen MR) is 53.7 cm³/mol. The van der Waals surface area contributed by atoms with Gasteiger partial charge in [0.2, 0.25) is 18.1 Å². The number of nitrogens with one attached hydrogen (secondary N) is 1. The highest BCUT2D eigenvalue weighted by atomic mass is 16.2. The molecule has 1 radical (unpaired) electrons. The molecule has 5 heteroatoms. The highest BCUT2D eigenvalue weighted by Gasteiger charge is 2.22. The summed E-state index contributed by atoms with van der Waals surface area (Å²) < 4.78 is 0. The van der Waals surface area contributed by atoms with E-state index in [9.17, 15) is 14.4 Å². The lowest BCUT2D eigenvalue weighted by atomic mass is 9.99. The Bertz CT molecular complexity index is 257. The van der Waals surface area contributed by atoms with Crippen molar-refractivity contribution >= 4 is 18.1 Å². The molecule has 1 N–H and O–H groups in total. The standard InChI is InChI=1S/C10H15N2O3/c1-8(14)11-6-10(15)12-4-2-9(7-13)3-5-12/h9H,2-6H2,1H3,(H,11,14). The van der Waals surface area contributed by atoms with Gasteiger partial charge in [-0.05, 0) is 12.8 Å². The molecule has 2 amide bonds. The average molecular weight is 211 g/mol. The number of rotatable bonds is 3. The second-order valence-corrected chi connectivity index (χ2v) is 3.68. The smallest absolute Gasteiger partial charge is 0.241 e. The molecule has 1 rings (SSSR count). The zero-order valence-electron chi connectivity index (χ0n) is 8.78. The van der Waals surface area contributed by atoms with E-state index in [1.54, 1.807) is 4.90 Å². The average Bonchev–Trinajstić information content (AvgIpc) is 2.26. The molecule has 0 aromatic heterocycles. The lowest BCUT2D eigenvalue weighted by molar-refractivity contribution is -0.133. The summed E-state index contributed by atoms with van der Waals surface area (Å²) in [5, 5.41) is 2.46. The molecule has 0 unspecified atom stereocenters. The summed E-state index contributed by atoms with van der Waals surface area (Å²) in [4.78, 5) is 34.1. The first kappa shape index (κ1) is 11.7. The van der Waals surface area contributed by atoms with Crippen LogP contribution in [0, 0.1) is 5.92 Å². The van der Waals surface area contributed by atoms with Gasteiger partial charge in [-0.1, -0.05) is 0 Å². The highest BCUT2D eigenvalue weighted by Crippen LogP contribution is 2.14. The SMILES string of the molecule is CC(=O)NCC(=O)N1CCC([C]=O)CC1. The fourth-order valence-corrected chi connectivity index (χ4v) is 1.56. The van der Waals surface area contributed by atoms with Crippen LogP contribution in [-0.4, -0.2) is 42.6 Å². The van der Waals surface area contributed by atoms with Gasteiger partial charge in [-0.3, -0.25) is 14.4 Å². The van der Waals surface area contributed by atoms with E-state index in [0.717, 1.165) is 0 Å². The van der Waals surface area contributed by atoms with Gasteiger partial charge in [0.25, 0.3) is 0 Å². The quantitative estimate of drug-likeness (QED) is 0.682. The van der Waals surface area contributed by atoms with Crippen LogP contribution in [0.3, 0.4) is 0 Å². The maximum absolute atomic E-state index is 11.5. The number of carbonyl (C=O) groups is 2. The number of hydrogen-bond acceptors (Lipinski definition) is 3. The van der Waals surface area contributed by atoms with Crippen molar-refractivity contribution in [1.29, 1.82) is 0 Å². The van der Waals surface area contributed by atoms with Crippen molar-refractivity contribution in [2.24, 2.45) is 5.92 Å². The number of piperidine rings is 1. The molecule has 5 nitrogen and oxygen atoms in total. The van der Waals surface area contributed by atoms with Crippen molar-refractivity contribution in [3.8, 4) is 0 Å². The Morgan fingerprint density at radius 3 is 2.47 bits per heavy atom. The van der Waals surface area contributed by atoms with Crippen LogP contribution in [0.1, 0.15) is 19.8 Å². The van der Waals surface area contributed by atoms with Crippen LogP contribution >= 0.6 is 0 Å². The molecule has 1 aliphatic heterocycles. The van der Waals surface area contributed by atoms with Crippen LogP contribution < -0.4 is 5.32 Å². The van der Waals surface area contributed by atoms with Crippen molar-refractivity contribution in [3.05, 3.63) is 0 Å².